The Bertz CT molecular complexity index is 484. The van der Waals surface area contributed by atoms with Gasteiger partial charge in [0.1, 0.15) is 5.75 Å². The number of ether oxygens (including phenoxy) is 1. The van der Waals surface area contributed by atoms with Gasteiger partial charge < -0.3 is 4.74 Å². The van der Waals surface area contributed by atoms with Gasteiger partial charge in [-0.25, -0.2) is 0 Å². The molecule has 0 saturated carbocycles. The maximum atomic E-state index is 5.68. The molecule has 0 aliphatic heterocycles. The Morgan fingerprint density at radius 3 is 2.50 bits per heavy atom. The summed E-state index contributed by atoms with van der Waals surface area (Å²) in [6, 6.07) is 2.09. The van der Waals surface area contributed by atoms with Crippen LogP contribution in [-0.2, 0) is 0 Å². The van der Waals surface area contributed by atoms with E-state index in [9.17, 15) is 0 Å². The van der Waals surface area contributed by atoms with Gasteiger partial charge in [-0.3, -0.25) is 0 Å². The standard InChI is InChI=1S/C16H21ClO/c1-11(8-9-17)6-7-15-12(2)10-16(18-5)14(4)13(15)3/h6-8,10H,9H2,1-5H3. The zero-order valence-corrected chi connectivity index (χ0v) is 12.6. The van der Waals surface area contributed by atoms with Gasteiger partial charge >= 0.3 is 0 Å². The van der Waals surface area contributed by atoms with Gasteiger partial charge in [0, 0.05) is 5.88 Å². The van der Waals surface area contributed by atoms with Gasteiger partial charge in [0.2, 0.25) is 0 Å². The molecule has 0 aromatic heterocycles. The first-order chi connectivity index (χ1) is 8.51. The molecule has 0 aliphatic carbocycles. The van der Waals surface area contributed by atoms with Gasteiger partial charge in [0.05, 0.1) is 7.11 Å². The van der Waals surface area contributed by atoms with E-state index in [0.717, 1.165) is 5.75 Å². The minimum atomic E-state index is 0.551. The molecule has 1 rings (SSSR count). The molecule has 18 heavy (non-hydrogen) atoms. The first-order valence-electron chi connectivity index (χ1n) is 6.06. The number of hydrogen-bond acceptors (Lipinski definition) is 1. The van der Waals surface area contributed by atoms with Gasteiger partial charge in [0.25, 0.3) is 0 Å². The van der Waals surface area contributed by atoms with E-state index in [1.165, 1.54) is 27.8 Å². The molecule has 0 N–H and O–H groups in total. The smallest absolute Gasteiger partial charge is 0.122 e. The van der Waals surface area contributed by atoms with Crippen molar-refractivity contribution < 1.29 is 4.74 Å². The predicted molar refractivity (Wildman–Crippen MR) is 80.7 cm³/mol. The van der Waals surface area contributed by atoms with E-state index in [1.807, 2.05) is 6.08 Å². The van der Waals surface area contributed by atoms with Crippen LogP contribution in [0.5, 0.6) is 5.75 Å². The van der Waals surface area contributed by atoms with Gasteiger partial charge in [-0.15, -0.1) is 11.6 Å². The zero-order valence-electron chi connectivity index (χ0n) is 11.8. The van der Waals surface area contributed by atoms with Crippen molar-refractivity contribution >= 4 is 17.7 Å². The second kappa shape index (κ2) is 6.65. The number of halogens is 1. The fraction of sp³-hybridized carbons (Fsp3) is 0.375. The van der Waals surface area contributed by atoms with E-state index >= 15 is 0 Å². The highest BCUT2D eigenvalue weighted by atomic mass is 35.5. The Morgan fingerprint density at radius 1 is 1.28 bits per heavy atom. The molecule has 0 fully saturated rings. The molecule has 0 radical (unpaired) electrons. The molecule has 0 spiro atoms. The first kappa shape index (κ1) is 14.8. The number of alkyl halides is 1. The molecule has 98 valence electrons. The Balaban J connectivity index is 3.18. The average Bonchev–Trinajstić information content (AvgIpc) is 2.34. The summed E-state index contributed by atoms with van der Waals surface area (Å²) in [4.78, 5) is 0. The fourth-order valence-electron chi connectivity index (χ4n) is 1.94. The Morgan fingerprint density at radius 2 is 1.94 bits per heavy atom. The van der Waals surface area contributed by atoms with E-state index < -0.39 is 0 Å². The highest BCUT2D eigenvalue weighted by Gasteiger charge is 2.08. The van der Waals surface area contributed by atoms with Crippen LogP contribution >= 0.6 is 11.6 Å². The van der Waals surface area contributed by atoms with Crippen molar-refractivity contribution in [2.24, 2.45) is 0 Å². The van der Waals surface area contributed by atoms with E-state index in [0.29, 0.717) is 5.88 Å². The third-order valence-electron chi connectivity index (χ3n) is 3.24. The topological polar surface area (TPSA) is 9.23 Å². The van der Waals surface area contributed by atoms with Crippen LogP contribution in [0, 0.1) is 20.8 Å². The normalized spacial score (nSPS) is 12.2. The van der Waals surface area contributed by atoms with E-state index in [1.54, 1.807) is 7.11 Å². The number of hydrogen-bond donors (Lipinski definition) is 0. The van der Waals surface area contributed by atoms with Gasteiger partial charge in [-0.1, -0.05) is 23.8 Å². The molecule has 0 saturated heterocycles. The number of methoxy groups -OCH3 is 1. The van der Waals surface area contributed by atoms with E-state index in [-0.39, 0.29) is 0 Å². The van der Waals surface area contributed by atoms with Crippen molar-refractivity contribution in [2.75, 3.05) is 13.0 Å². The van der Waals surface area contributed by atoms with Crippen LogP contribution in [0.4, 0.5) is 0 Å². The SMILES string of the molecule is COc1cc(C)c(C=CC(C)=CCCl)c(C)c1C. The third-order valence-corrected chi connectivity index (χ3v) is 3.39. The summed E-state index contributed by atoms with van der Waals surface area (Å²) < 4.78 is 5.37. The lowest BCUT2D eigenvalue weighted by atomic mass is 9.96. The molecule has 0 unspecified atom stereocenters. The first-order valence-corrected chi connectivity index (χ1v) is 6.60. The summed E-state index contributed by atoms with van der Waals surface area (Å²) >= 11 is 5.68. The second-order valence-corrected chi connectivity index (χ2v) is 4.80. The molecule has 0 atom stereocenters. The van der Waals surface area contributed by atoms with Crippen LogP contribution in [0.25, 0.3) is 6.08 Å². The average molecular weight is 265 g/mol. The molecular weight excluding hydrogens is 244 g/mol. The number of rotatable bonds is 4. The predicted octanol–water partition coefficient (Wildman–Crippen LogP) is 4.82. The lowest BCUT2D eigenvalue weighted by molar-refractivity contribution is 0.411. The minimum Gasteiger partial charge on any atom is -0.496 e. The lowest BCUT2D eigenvalue weighted by Gasteiger charge is -2.13. The van der Waals surface area contributed by atoms with Gasteiger partial charge in [-0.2, -0.15) is 0 Å². The molecular formula is C16H21ClO. The van der Waals surface area contributed by atoms with Crippen molar-refractivity contribution in [2.45, 2.75) is 27.7 Å². The second-order valence-electron chi connectivity index (χ2n) is 4.50. The van der Waals surface area contributed by atoms with Crippen molar-refractivity contribution in [1.82, 2.24) is 0 Å². The number of allylic oxidation sites excluding steroid dienone is 3. The molecule has 0 aliphatic rings. The molecule has 1 aromatic carbocycles. The van der Waals surface area contributed by atoms with Gasteiger partial charge in [-0.05, 0) is 56.0 Å². The minimum absolute atomic E-state index is 0.551. The highest BCUT2D eigenvalue weighted by Crippen LogP contribution is 2.28. The maximum Gasteiger partial charge on any atom is 0.122 e. The van der Waals surface area contributed by atoms with Crippen molar-refractivity contribution in [1.29, 1.82) is 0 Å². The van der Waals surface area contributed by atoms with Crippen LogP contribution in [0.15, 0.2) is 23.8 Å². The van der Waals surface area contributed by atoms with Crippen LogP contribution in [-0.4, -0.2) is 13.0 Å². The summed E-state index contributed by atoms with van der Waals surface area (Å²) in [6.07, 6.45) is 6.25. The number of benzene rings is 1. The highest BCUT2D eigenvalue weighted by molar-refractivity contribution is 6.18. The summed E-state index contributed by atoms with van der Waals surface area (Å²) in [5.41, 5.74) is 6.13. The van der Waals surface area contributed by atoms with Gasteiger partial charge in [0.15, 0.2) is 0 Å². The monoisotopic (exact) mass is 264 g/mol. The number of aryl methyl sites for hydroxylation is 1. The molecule has 1 aromatic rings. The zero-order chi connectivity index (χ0) is 13.7. The fourth-order valence-corrected chi connectivity index (χ4v) is 2.18. The van der Waals surface area contributed by atoms with Crippen LogP contribution in [0.2, 0.25) is 0 Å². The lowest BCUT2D eigenvalue weighted by Crippen LogP contribution is -1.95. The summed E-state index contributed by atoms with van der Waals surface area (Å²) in [6.45, 7) is 8.38. The molecule has 0 heterocycles. The Labute approximate surface area is 115 Å². The van der Waals surface area contributed by atoms with Crippen LogP contribution < -0.4 is 4.74 Å². The molecule has 1 nitrogen and oxygen atoms in total. The summed E-state index contributed by atoms with van der Waals surface area (Å²) in [5.74, 6) is 1.51. The molecule has 0 bridgehead atoms. The Kier molecular flexibility index (Phi) is 5.49. The van der Waals surface area contributed by atoms with Crippen molar-refractivity contribution in [3.8, 4) is 5.75 Å². The van der Waals surface area contributed by atoms with Crippen LogP contribution in [0.3, 0.4) is 0 Å². The molecule has 0 amide bonds. The third kappa shape index (κ3) is 3.39. The van der Waals surface area contributed by atoms with E-state index in [4.69, 9.17) is 16.3 Å². The summed E-state index contributed by atoms with van der Waals surface area (Å²) in [5, 5.41) is 0. The quantitative estimate of drug-likeness (QED) is 0.560. The maximum absolute atomic E-state index is 5.68. The van der Waals surface area contributed by atoms with E-state index in [2.05, 4.69) is 45.9 Å². The van der Waals surface area contributed by atoms with Crippen molar-refractivity contribution in [3.63, 3.8) is 0 Å². The molecule has 2 heteroatoms. The Hall–Kier alpha value is -1.21. The van der Waals surface area contributed by atoms with Crippen molar-refractivity contribution in [3.05, 3.63) is 46.0 Å². The van der Waals surface area contributed by atoms with Crippen LogP contribution in [0.1, 0.15) is 29.2 Å². The largest absolute Gasteiger partial charge is 0.496 e. The summed E-state index contributed by atoms with van der Waals surface area (Å²) in [7, 11) is 1.71.